The largest absolute Gasteiger partial charge is 0.379 e. The number of anilines is 1. The van der Waals surface area contributed by atoms with Crippen molar-refractivity contribution in [2.75, 3.05) is 12.4 Å². The zero-order chi connectivity index (χ0) is 14.6. The van der Waals surface area contributed by atoms with Gasteiger partial charge in [-0.25, -0.2) is 0 Å². The average Bonchev–Trinajstić information content (AvgIpc) is 2.99. The maximum atomic E-state index is 6.38. The molecule has 2 aromatic rings. The molecule has 2 atom stereocenters. The van der Waals surface area contributed by atoms with Crippen LogP contribution in [0.25, 0.3) is 11.0 Å². The monoisotopic (exact) mass is 342 g/mol. The average molecular weight is 343 g/mol. The quantitative estimate of drug-likeness (QED) is 0.894. The third kappa shape index (κ3) is 2.31. The molecule has 4 nitrogen and oxygen atoms in total. The van der Waals surface area contributed by atoms with Crippen molar-refractivity contribution in [3.8, 4) is 0 Å². The van der Waals surface area contributed by atoms with Gasteiger partial charge in [0.15, 0.2) is 0 Å². The SMILES string of the molecule is CN1C2CCC1CC(Nc1c(Cl)cc(Cl)c3nsnc13)C2. The lowest BCUT2D eigenvalue weighted by molar-refractivity contribution is 0.169. The van der Waals surface area contributed by atoms with Crippen LogP contribution in [0.1, 0.15) is 25.7 Å². The fourth-order valence-corrected chi connectivity index (χ4v) is 4.91. The summed E-state index contributed by atoms with van der Waals surface area (Å²) in [6.07, 6.45) is 4.93. The lowest BCUT2D eigenvalue weighted by Gasteiger charge is -2.37. The van der Waals surface area contributed by atoms with Gasteiger partial charge in [-0.3, -0.25) is 0 Å². The lowest BCUT2D eigenvalue weighted by Crippen LogP contribution is -2.44. The van der Waals surface area contributed by atoms with Gasteiger partial charge in [-0.1, -0.05) is 23.2 Å². The number of benzene rings is 1. The van der Waals surface area contributed by atoms with E-state index in [1.807, 2.05) is 0 Å². The Balaban J connectivity index is 1.65. The molecule has 1 aromatic heterocycles. The molecule has 2 saturated heterocycles. The summed E-state index contributed by atoms with van der Waals surface area (Å²) < 4.78 is 8.62. The van der Waals surface area contributed by atoms with Gasteiger partial charge in [-0.05, 0) is 38.8 Å². The van der Waals surface area contributed by atoms with Crippen LogP contribution < -0.4 is 5.32 Å². The van der Waals surface area contributed by atoms with Crippen LogP contribution in [0.5, 0.6) is 0 Å². The first-order valence-electron chi connectivity index (χ1n) is 7.22. The highest BCUT2D eigenvalue weighted by molar-refractivity contribution is 7.00. The van der Waals surface area contributed by atoms with Crippen LogP contribution in [0, 0.1) is 0 Å². The van der Waals surface area contributed by atoms with Crippen molar-refractivity contribution in [2.45, 2.75) is 43.8 Å². The Morgan fingerprint density at radius 2 is 1.81 bits per heavy atom. The molecule has 0 amide bonds. The van der Waals surface area contributed by atoms with E-state index in [9.17, 15) is 0 Å². The lowest BCUT2D eigenvalue weighted by atomic mass is 9.97. The van der Waals surface area contributed by atoms with Crippen molar-refractivity contribution >= 4 is 51.7 Å². The van der Waals surface area contributed by atoms with Crippen molar-refractivity contribution < 1.29 is 0 Å². The summed E-state index contributed by atoms with van der Waals surface area (Å²) in [6.45, 7) is 0. The van der Waals surface area contributed by atoms with E-state index in [-0.39, 0.29) is 0 Å². The van der Waals surface area contributed by atoms with Gasteiger partial charge in [0.25, 0.3) is 0 Å². The number of nitrogens with one attached hydrogen (secondary N) is 1. The Morgan fingerprint density at radius 1 is 1.14 bits per heavy atom. The van der Waals surface area contributed by atoms with Crippen LogP contribution in [0.2, 0.25) is 10.0 Å². The molecule has 2 bridgehead atoms. The van der Waals surface area contributed by atoms with E-state index < -0.39 is 0 Å². The summed E-state index contributed by atoms with van der Waals surface area (Å²) in [5.74, 6) is 0. The van der Waals surface area contributed by atoms with Gasteiger partial charge >= 0.3 is 0 Å². The summed E-state index contributed by atoms with van der Waals surface area (Å²) in [7, 11) is 2.25. The predicted octanol–water partition coefficient (Wildman–Crippen LogP) is 4.04. The molecule has 2 aliphatic rings. The number of nitrogens with zero attached hydrogens (tertiary/aromatic N) is 3. The molecule has 1 N–H and O–H groups in total. The number of hydrogen-bond acceptors (Lipinski definition) is 5. The molecular formula is C14H16Cl2N4S. The molecule has 3 heterocycles. The summed E-state index contributed by atoms with van der Waals surface area (Å²) in [4.78, 5) is 2.53. The molecule has 7 heteroatoms. The minimum atomic E-state index is 0.447. The summed E-state index contributed by atoms with van der Waals surface area (Å²) >= 11 is 13.7. The molecule has 2 fully saturated rings. The molecule has 0 radical (unpaired) electrons. The van der Waals surface area contributed by atoms with Crippen molar-refractivity contribution in [3.05, 3.63) is 16.1 Å². The standard InChI is InChI=1S/C14H16Cl2N4S/c1-20-8-2-3-9(20)5-7(4-8)17-12-10(15)6-11(16)13-14(12)19-21-18-13/h6-9,17H,2-5H2,1H3. The second kappa shape index (κ2) is 5.23. The van der Waals surface area contributed by atoms with E-state index in [0.717, 1.165) is 29.6 Å². The summed E-state index contributed by atoms with van der Waals surface area (Å²) in [5.41, 5.74) is 2.42. The third-order valence-electron chi connectivity index (χ3n) is 4.89. The molecule has 4 rings (SSSR count). The van der Waals surface area contributed by atoms with Crippen molar-refractivity contribution in [1.82, 2.24) is 13.6 Å². The van der Waals surface area contributed by atoms with E-state index in [4.69, 9.17) is 23.2 Å². The van der Waals surface area contributed by atoms with E-state index in [1.165, 1.54) is 24.6 Å². The van der Waals surface area contributed by atoms with Crippen molar-refractivity contribution in [3.63, 3.8) is 0 Å². The molecule has 0 saturated carbocycles. The number of rotatable bonds is 2. The highest BCUT2D eigenvalue weighted by Crippen LogP contribution is 2.39. The number of aromatic nitrogens is 2. The fourth-order valence-electron chi connectivity index (χ4n) is 3.74. The van der Waals surface area contributed by atoms with E-state index >= 15 is 0 Å². The van der Waals surface area contributed by atoms with E-state index in [1.54, 1.807) is 6.07 Å². The number of halogens is 2. The van der Waals surface area contributed by atoms with Gasteiger partial charge < -0.3 is 10.2 Å². The van der Waals surface area contributed by atoms with Crippen molar-refractivity contribution in [1.29, 1.82) is 0 Å². The van der Waals surface area contributed by atoms with E-state index in [2.05, 4.69) is 26.0 Å². The Morgan fingerprint density at radius 3 is 2.52 bits per heavy atom. The molecule has 2 aliphatic heterocycles. The van der Waals surface area contributed by atoms with Gasteiger partial charge in [0.05, 0.1) is 27.5 Å². The second-order valence-electron chi connectivity index (χ2n) is 6.04. The minimum absolute atomic E-state index is 0.447. The topological polar surface area (TPSA) is 41.0 Å². The predicted molar refractivity (Wildman–Crippen MR) is 88.7 cm³/mol. The van der Waals surface area contributed by atoms with Gasteiger partial charge in [0.2, 0.25) is 0 Å². The van der Waals surface area contributed by atoms with Crippen LogP contribution in [0.4, 0.5) is 5.69 Å². The number of fused-ring (bicyclic) bond motifs is 3. The first kappa shape index (κ1) is 14.0. The van der Waals surface area contributed by atoms with Gasteiger partial charge in [-0.2, -0.15) is 8.75 Å². The molecule has 2 unspecified atom stereocenters. The van der Waals surface area contributed by atoms with Crippen LogP contribution in [0.15, 0.2) is 6.07 Å². The first-order chi connectivity index (χ1) is 10.1. The Bertz CT molecular complexity index is 675. The highest BCUT2D eigenvalue weighted by atomic mass is 35.5. The fraction of sp³-hybridized carbons (Fsp3) is 0.571. The zero-order valence-corrected chi connectivity index (χ0v) is 14.0. The van der Waals surface area contributed by atoms with Crippen LogP contribution in [-0.2, 0) is 0 Å². The van der Waals surface area contributed by atoms with Crippen molar-refractivity contribution in [2.24, 2.45) is 0 Å². The van der Waals surface area contributed by atoms with Gasteiger partial charge in [0, 0.05) is 18.1 Å². The van der Waals surface area contributed by atoms with Crippen LogP contribution in [0.3, 0.4) is 0 Å². The van der Waals surface area contributed by atoms with Crippen LogP contribution >= 0.6 is 34.9 Å². The van der Waals surface area contributed by atoms with E-state index in [0.29, 0.717) is 28.2 Å². The van der Waals surface area contributed by atoms with Crippen LogP contribution in [-0.4, -0.2) is 38.8 Å². The Kier molecular flexibility index (Phi) is 3.49. The van der Waals surface area contributed by atoms with Gasteiger partial charge in [0.1, 0.15) is 11.0 Å². The Labute approximate surface area is 137 Å². The molecule has 21 heavy (non-hydrogen) atoms. The normalized spacial score (nSPS) is 29.2. The highest BCUT2D eigenvalue weighted by Gasteiger charge is 2.38. The summed E-state index contributed by atoms with van der Waals surface area (Å²) in [5, 5.41) is 4.81. The number of piperidine rings is 1. The molecule has 0 aliphatic carbocycles. The zero-order valence-electron chi connectivity index (χ0n) is 11.6. The number of hydrogen-bond donors (Lipinski definition) is 1. The maximum Gasteiger partial charge on any atom is 0.130 e. The first-order valence-corrected chi connectivity index (χ1v) is 8.71. The second-order valence-corrected chi connectivity index (χ2v) is 7.38. The molecule has 112 valence electrons. The molecular weight excluding hydrogens is 327 g/mol. The smallest absolute Gasteiger partial charge is 0.130 e. The third-order valence-corrected chi connectivity index (χ3v) is 6.01. The maximum absolute atomic E-state index is 6.38. The summed E-state index contributed by atoms with van der Waals surface area (Å²) in [6, 6.07) is 3.59. The molecule has 0 spiro atoms. The Hall–Kier alpha value is -0.620. The minimum Gasteiger partial charge on any atom is -0.379 e. The molecule has 1 aromatic carbocycles. The van der Waals surface area contributed by atoms with Gasteiger partial charge in [-0.15, -0.1) is 0 Å².